The van der Waals surface area contributed by atoms with Crippen molar-refractivity contribution in [3.8, 4) is 22.6 Å². The lowest BCUT2D eigenvalue weighted by molar-refractivity contribution is 0.112. The van der Waals surface area contributed by atoms with E-state index in [9.17, 15) is 14.3 Å². The summed E-state index contributed by atoms with van der Waals surface area (Å²) in [6.45, 7) is 0.221. The van der Waals surface area contributed by atoms with Gasteiger partial charge in [-0.05, 0) is 35.4 Å². The molecule has 0 aliphatic rings. The molecule has 3 rings (SSSR count). The Labute approximate surface area is 139 Å². The van der Waals surface area contributed by atoms with Crippen molar-refractivity contribution in [3.63, 3.8) is 0 Å². The van der Waals surface area contributed by atoms with Gasteiger partial charge in [0.1, 0.15) is 12.4 Å². The maximum atomic E-state index is 13.6. The molecule has 4 heteroatoms. The van der Waals surface area contributed by atoms with Crippen LogP contribution >= 0.6 is 0 Å². The molecule has 0 aromatic heterocycles. The SMILES string of the molecule is O=Cc1ccc(O)c(OCc2ccccc2)c1-c1cccc(F)c1. The third kappa shape index (κ3) is 3.27. The predicted octanol–water partition coefficient (Wildman–Crippen LogP) is 4.59. The Kier molecular flexibility index (Phi) is 4.57. The fraction of sp³-hybridized carbons (Fsp3) is 0.0500. The first kappa shape index (κ1) is 15.7. The number of benzene rings is 3. The van der Waals surface area contributed by atoms with E-state index >= 15 is 0 Å². The third-order valence-electron chi connectivity index (χ3n) is 3.64. The molecule has 0 radical (unpaired) electrons. The molecule has 0 aliphatic heterocycles. The Morgan fingerprint density at radius 1 is 1.00 bits per heavy atom. The second kappa shape index (κ2) is 6.96. The van der Waals surface area contributed by atoms with Crippen LogP contribution in [0.15, 0.2) is 66.7 Å². The number of carbonyl (C=O) groups excluding carboxylic acids is 1. The molecular weight excluding hydrogens is 307 g/mol. The summed E-state index contributed by atoms with van der Waals surface area (Å²) in [6, 6.07) is 18.2. The minimum atomic E-state index is -0.429. The number of carbonyl (C=O) groups is 1. The van der Waals surface area contributed by atoms with Crippen LogP contribution < -0.4 is 4.74 Å². The highest BCUT2D eigenvalue weighted by molar-refractivity contribution is 5.92. The second-order valence-electron chi connectivity index (χ2n) is 5.28. The average molecular weight is 322 g/mol. The molecule has 0 saturated carbocycles. The molecule has 0 fully saturated rings. The van der Waals surface area contributed by atoms with Crippen LogP contribution in [0.5, 0.6) is 11.5 Å². The van der Waals surface area contributed by atoms with Crippen molar-refractivity contribution in [2.45, 2.75) is 6.61 Å². The molecule has 0 spiro atoms. The minimum Gasteiger partial charge on any atom is -0.504 e. The van der Waals surface area contributed by atoms with Gasteiger partial charge in [0, 0.05) is 11.1 Å². The molecule has 0 amide bonds. The molecule has 1 N–H and O–H groups in total. The Morgan fingerprint density at radius 2 is 1.79 bits per heavy atom. The molecule has 0 unspecified atom stereocenters. The molecule has 0 saturated heterocycles. The molecule has 0 heterocycles. The van der Waals surface area contributed by atoms with Gasteiger partial charge < -0.3 is 9.84 Å². The van der Waals surface area contributed by atoms with Crippen molar-refractivity contribution in [2.24, 2.45) is 0 Å². The van der Waals surface area contributed by atoms with Gasteiger partial charge >= 0.3 is 0 Å². The lowest BCUT2D eigenvalue weighted by Gasteiger charge is -2.15. The number of halogens is 1. The van der Waals surface area contributed by atoms with Gasteiger partial charge in [0.05, 0.1) is 0 Å². The van der Waals surface area contributed by atoms with Gasteiger partial charge in [-0.25, -0.2) is 4.39 Å². The van der Waals surface area contributed by atoms with Gasteiger partial charge in [0.2, 0.25) is 0 Å². The van der Waals surface area contributed by atoms with Gasteiger partial charge in [-0.1, -0.05) is 42.5 Å². The highest BCUT2D eigenvalue weighted by Crippen LogP contribution is 2.40. The fourth-order valence-corrected chi connectivity index (χ4v) is 2.50. The molecule has 0 bridgehead atoms. The summed E-state index contributed by atoms with van der Waals surface area (Å²) < 4.78 is 19.3. The zero-order valence-corrected chi connectivity index (χ0v) is 12.8. The summed E-state index contributed by atoms with van der Waals surface area (Å²) >= 11 is 0. The van der Waals surface area contributed by atoms with Crippen LogP contribution in [0.3, 0.4) is 0 Å². The van der Waals surface area contributed by atoms with E-state index in [1.54, 1.807) is 12.1 Å². The summed E-state index contributed by atoms with van der Waals surface area (Å²) in [5, 5.41) is 10.2. The number of aldehydes is 1. The van der Waals surface area contributed by atoms with Gasteiger partial charge in [-0.3, -0.25) is 4.79 Å². The standard InChI is InChI=1S/C20H15FO3/c21-17-8-4-7-15(11-17)19-16(12-22)9-10-18(23)20(19)24-13-14-5-2-1-3-6-14/h1-12,23H,13H2. The van der Waals surface area contributed by atoms with E-state index in [2.05, 4.69) is 0 Å². The van der Waals surface area contributed by atoms with Crippen LogP contribution in [0, 0.1) is 5.82 Å². The zero-order chi connectivity index (χ0) is 16.9. The van der Waals surface area contributed by atoms with Crippen molar-refractivity contribution in [3.05, 3.63) is 83.7 Å². The maximum Gasteiger partial charge on any atom is 0.169 e. The van der Waals surface area contributed by atoms with Crippen LogP contribution in [0.1, 0.15) is 15.9 Å². The smallest absolute Gasteiger partial charge is 0.169 e. The average Bonchev–Trinajstić information content (AvgIpc) is 2.61. The Bertz CT molecular complexity index is 860. The highest BCUT2D eigenvalue weighted by atomic mass is 19.1. The summed E-state index contributed by atoms with van der Waals surface area (Å²) in [7, 11) is 0. The van der Waals surface area contributed by atoms with E-state index in [1.807, 2.05) is 30.3 Å². The highest BCUT2D eigenvalue weighted by Gasteiger charge is 2.17. The first-order valence-corrected chi connectivity index (χ1v) is 7.43. The monoisotopic (exact) mass is 322 g/mol. The molecule has 3 aromatic rings. The Morgan fingerprint density at radius 3 is 2.50 bits per heavy atom. The van der Waals surface area contributed by atoms with Gasteiger partial charge in [-0.15, -0.1) is 0 Å². The molecule has 0 aliphatic carbocycles. The Hall–Kier alpha value is -3.14. The van der Waals surface area contributed by atoms with Crippen LogP contribution in [0.4, 0.5) is 4.39 Å². The second-order valence-corrected chi connectivity index (χ2v) is 5.28. The van der Waals surface area contributed by atoms with E-state index in [-0.39, 0.29) is 18.1 Å². The lowest BCUT2D eigenvalue weighted by atomic mass is 9.98. The zero-order valence-electron chi connectivity index (χ0n) is 12.8. The number of phenols is 1. The molecule has 3 nitrogen and oxygen atoms in total. The maximum absolute atomic E-state index is 13.6. The number of ether oxygens (including phenoxy) is 1. The summed E-state index contributed by atoms with van der Waals surface area (Å²) in [6.07, 6.45) is 0.662. The van der Waals surface area contributed by atoms with Gasteiger partial charge in [0.25, 0.3) is 0 Å². The van der Waals surface area contributed by atoms with Crippen molar-refractivity contribution in [2.75, 3.05) is 0 Å². The van der Waals surface area contributed by atoms with E-state index in [4.69, 9.17) is 4.74 Å². The molecule has 120 valence electrons. The quantitative estimate of drug-likeness (QED) is 0.699. The molecule has 3 aromatic carbocycles. The number of rotatable bonds is 5. The topological polar surface area (TPSA) is 46.5 Å². The summed E-state index contributed by atoms with van der Waals surface area (Å²) in [4.78, 5) is 11.4. The van der Waals surface area contributed by atoms with Crippen molar-refractivity contribution >= 4 is 6.29 Å². The normalized spacial score (nSPS) is 10.4. The summed E-state index contributed by atoms with van der Waals surface area (Å²) in [5.74, 6) is -0.369. The fourth-order valence-electron chi connectivity index (χ4n) is 2.50. The van der Waals surface area contributed by atoms with Gasteiger partial charge in [0.15, 0.2) is 17.8 Å². The number of hydrogen-bond acceptors (Lipinski definition) is 3. The van der Waals surface area contributed by atoms with Crippen molar-refractivity contribution < 1.29 is 19.0 Å². The van der Waals surface area contributed by atoms with Crippen LogP contribution in [-0.4, -0.2) is 11.4 Å². The van der Waals surface area contributed by atoms with Crippen LogP contribution in [0.25, 0.3) is 11.1 Å². The van der Waals surface area contributed by atoms with E-state index in [0.29, 0.717) is 23.0 Å². The van der Waals surface area contributed by atoms with Gasteiger partial charge in [-0.2, -0.15) is 0 Å². The lowest BCUT2D eigenvalue weighted by Crippen LogP contribution is -2.00. The first-order valence-electron chi connectivity index (χ1n) is 7.43. The number of phenolic OH excluding ortho intramolecular Hbond substituents is 1. The van der Waals surface area contributed by atoms with E-state index in [0.717, 1.165) is 5.56 Å². The first-order chi connectivity index (χ1) is 11.7. The van der Waals surface area contributed by atoms with Crippen LogP contribution in [0.2, 0.25) is 0 Å². The predicted molar refractivity (Wildman–Crippen MR) is 89.7 cm³/mol. The molecular formula is C20H15FO3. The summed E-state index contributed by atoms with van der Waals surface area (Å²) in [5.41, 5.74) is 2.08. The third-order valence-corrected chi connectivity index (χ3v) is 3.64. The van der Waals surface area contributed by atoms with E-state index < -0.39 is 5.82 Å². The largest absolute Gasteiger partial charge is 0.504 e. The van der Waals surface area contributed by atoms with Crippen molar-refractivity contribution in [1.29, 1.82) is 0 Å². The van der Waals surface area contributed by atoms with Crippen LogP contribution in [-0.2, 0) is 6.61 Å². The van der Waals surface area contributed by atoms with Crippen molar-refractivity contribution in [1.82, 2.24) is 0 Å². The Balaban J connectivity index is 2.05. The minimum absolute atomic E-state index is 0.101. The number of hydrogen-bond donors (Lipinski definition) is 1. The van der Waals surface area contributed by atoms with E-state index in [1.165, 1.54) is 24.3 Å². The molecule has 0 atom stereocenters. The molecule has 24 heavy (non-hydrogen) atoms. The number of aromatic hydroxyl groups is 1.